The van der Waals surface area contributed by atoms with E-state index >= 15 is 0 Å². The molecule has 1 amide bonds. The minimum atomic E-state index is -0.977. The van der Waals surface area contributed by atoms with Gasteiger partial charge >= 0.3 is 5.97 Å². The standard InChI is InChI=1S/C30H31Cl2NO4/c1-19(2)21-9-7-20(8-10-21)16-30(3)17-24-15-22(11-12-26(24)37-30)29(36)33(14-13-27(34)35)18-23-5-4-6-25(31)28(23)32/h4-12,15,19H,13-14,16-18H2,1-3H3,(H,34,35)/t30-/m0/s1. The zero-order valence-corrected chi connectivity index (χ0v) is 22.8. The first kappa shape index (κ1) is 27.0. The van der Waals surface area contributed by atoms with Crippen LogP contribution in [-0.4, -0.2) is 34.0 Å². The second kappa shape index (κ2) is 11.2. The zero-order chi connectivity index (χ0) is 26.7. The third kappa shape index (κ3) is 6.46. The van der Waals surface area contributed by atoms with E-state index in [1.54, 1.807) is 24.3 Å². The van der Waals surface area contributed by atoms with Crippen molar-refractivity contribution in [1.82, 2.24) is 4.90 Å². The summed E-state index contributed by atoms with van der Waals surface area (Å²) in [4.78, 5) is 26.3. The summed E-state index contributed by atoms with van der Waals surface area (Å²) >= 11 is 12.5. The smallest absolute Gasteiger partial charge is 0.305 e. The zero-order valence-electron chi connectivity index (χ0n) is 21.3. The summed E-state index contributed by atoms with van der Waals surface area (Å²) < 4.78 is 6.34. The van der Waals surface area contributed by atoms with Crippen molar-refractivity contribution >= 4 is 35.1 Å². The lowest BCUT2D eigenvalue weighted by Gasteiger charge is -2.24. The summed E-state index contributed by atoms with van der Waals surface area (Å²) in [6.45, 7) is 6.65. The van der Waals surface area contributed by atoms with E-state index < -0.39 is 11.6 Å². The Morgan fingerprint density at radius 2 is 1.81 bits per heavy atom. The third-order valence-electron chi connectivity index (χ3n) is 6.73. The monoisotopic (exact) mass is 539 g/mol. The average Bonchev–Trinajstić information content (AvgIpc) is 3.18. The van der Waals surface area contributed by atoms with Gasteiger partial charge in [-0.2, -0.15) is 0 Å². The molecule has 194 valence electrons. The second-order valence-electron chi connectivity index (χ2n) is 10.2. The lowest BCUT2D eigenvalue weighted by Crippen LogP contribution is -2.33. The fourth-order valence-corrected chi connectivity index (χ4v) is 5.13. The number of aliphatic carboxylic acids is 1. The largest absolute Gasteiger partial charge is 0.487 e. The van der Waals surface area contributed by atoms with Crippen LogP contribution >= 0.6 is 23.2 Å². The number of fused-ring (bicyclic) bond motifs is 1. The van der Waals surface area contributed by atoms with Crippen molar-refractivity contribution in [2.45, 2.75) is 58.1 Å². The van der Waals surface area contributed by atoms with Crippen molar-refractivity contribution < 1.29 is 19.4 Å². The summed E-state index contributed by atoms with van der Waals surface area (Å²) in [6, 6.07) is 19.3. The van der Waals surface area contributed by atoms with Crippen molar-refractivity contribution in [2.24, 2.45) is 0 Å². The molecule has 7 heteroatoms. The molecule has 4 rings (SSSR count). The van der Waals surface area contributed by atoms with Crippen molar-refractivity contribution in [2.75, 3.05) is 6.54 Å². The number of amides is 1. The molecule has 5 nitrogen and oxygen atoms in total. The fourth-order valence-electron chi connectivity index (χ4n) is 4.75. The van der Waals surface area contributed by atoms with Gasteiger partial charge in [0.1, 0.15) is 11.4 Å². The van der Waals surface area contributed by atoms with Gasteiger partial charge in [0.2, 0.25) is 0 Å². The first-order chi connectivity index (χ1) is 17.5. The predicted octanol–water partition coefficient (Wildman–Crippen LogP) is 7.17. The van der Waals surface area contributed by atoms with Gasteiger partial charge in [-0.3, -0.25) is 9.59 Å². The molecule has 3 aromatic carbocycles. The quantitative estimate of drug-likeness (QED) is 0.313. The van der Waals surface area contributed by atoms with Gasteiger partial charge in [-0.25, -0.2) is 0 Å². The summed E-state index contributed by atoms with van der Waals surface area (Å²) in [7, 11) is 0. The molecule has 1 atom stereocenters. The van der Waals surface area contributed by atoms with E-state index in [1.165, 1.54) is 16.0 Å². The molecule has 37 heavy (non-hydrogen) atoms. The van der Waals surface area contributed by atoms with Crippen molar-refractivity contribution in [3.63, 3.8) is 0 Å². The molecule has 0 radical (unpaired) electrons. The number of carboxylic acid groups (broad SMARTS) is 1. The molecule has 0 bridgehead atoms. The molecule has 0 aliphatic carbocycles. The van der Waals surface area contributed by atoms with Crippen LogP contribution in [0.2, 0.25) is 10.0 Å². The number of hydrogen-bond donors (Lipinski definition) is 1. The molecule has 0 saturated heterocycles. The van der Waals surface area contributed by atoms with Gasteiger partial charge in [-0.1, -0.05) is 73.4 Å². The van der Waals surface area contributed by atoms with Crippen LogP contribution in [0.5, 0.6) is 5.75 Å². The summed E-state index contributed by atoms with van der Waals surface area (Å²) in [5, 5.41) is 9.97. The first-order valence-electron chi connectivity index (χ1n) is 12.4. The Hall–Kier alpha value is -3.02. The van der Waals surface area contributed by atoms with E-state index in [9.17, 15) is 14.7 Å². The molecule has 0 saturated carbocycles. The van der Waals surface area contributed by atoms with Gasteiger partial charge in [0.05, 0.1) is 16.5 Å². The molecule has 3 aromatic rings. The van der Waals surface area contributed by atoms with E-state index in [0.29, 0.717) is 33.5 Å². The maximum absolute atomic E-state index is 13.5. The van der Waals surface area contributed by atoms with Gasteiger partial charge in [0.25, 0.3) is 5.91 Å². The third-order valence-corrected chi connectivity index (χ3v) is 7.59. The Morgan fingerprint density at radius 1 is 1.08 bits per heavy atom. The van der Waals surface area contributed by atoms with E-state index in [2.05, 4.69) is 45.0 Å². The second-order valence-corrected chi connectivity index (χ2v) is 11.0. The van der Waals surface area contributed by atoms with Crippen LogP contribution in [0.25, 0.3) is 0 Å². The number of nitrogens with zero attached hydrogens (tertiary/aromatic N) is 1. The Morgan fingerprint density at radius 3 is 2.49 bits per heavy atom. The van der Waals surface area contributed by atoms with Crippen molar-refractivity contribution in [1.29, 1.82) is 0 Å². The molecule has 1 N–H and O–H groups in total. The Labute approximate surface area is 228 Å². The van der Waals surface area contributed by atoms with Crippen LogP contribution in [0.3, 0.4) is 0 Å². The highest BCUT2D eigenvalue weighted by atomic mass is 35.5. The van der Waals surface area contributed by atoms with Crippen LogP contribution in [0, 0.1) is 0 Å². The number of carbonyl (C=O) groups is 2. The van der Waals surface area contributed by atoms with Crippen LogP contribution in [0.4, 0.5) is 0 Å². The maximum atomic E-state index is 13.5. The molecular formula is C30H31Cl2NO4. The van der Waals surface area contributed by atoms with Crippen molar-refractivity contribution in [3.05, 3.63) is 98.5 Å². The van der Waals surface area contributed by atoms with E-state index in [0.717, 1.165) is 17.7 Å². The number of carboxylic acids is 1. The van der Waals surface area contributed by atoms with Crippen LogP contribution in [-0.2, 0) is 24.2 Å². The fraction of sp³-hybridized carbons (Fsp3) is 0.333. The average molecular weight is 540 g/mol. The van der Waals surface area contributed by atoms with E-state index in [-0.39, 0.29) is 25.4 Å². The predicted molar refractivity (Wildman–Crippen MR) is 147 cm³/mol. The normalized spacial score (nSPS) is 16.4. The molecule has 0 fully saturated rings. The lowest BCUT2D eigenvalue weighted by atomic mass is 9.90. The molecule has 0 unspecified atom stereocenters. The number of hydrogen-bond acceptors (Lipinski definition) is 3. The van der Waals surface area contributed by atoms with Crippen LogP contribution in [0.15, 0.2) is 60.7 Å². The van der Waals surface area contributed by atoms with E-state index in [1.807, 2.05) is 12.1 Å². The molecule has 1 heterocycles. The molecular weight excluding hydrogens is 509 g/mol. The first-order valence-corrected chi connectivity index (χ1v) is 13.1. The van der Waals surface area contributed by atoms with Gasteiger partial charge in [-0.05, 0) is 59.4 Å². The summed E-state index contributed by atoms with van der Waals surface area (Å²) in [5.41, 5.74) is 4.20. The molecule has 1 aliphatic rings. The minimum absolute atomic E-state index is 0.0503. The highest BCUT2D eigenvalue weighted by Crippen LogP contribution is 2.38. The van der Waals surface area contributed by atoms with Gasteiger partial charge in [0.15, 0.2) is 0 Å². The van der Waals surface area contributed by atoms with Gasteiger partial charge in [0, 0.05) is 31.5 Å². The Balaban J connectivity index is 1.52. The van der Waals surface area contributed by atoms with Gasteiger partial charge < -0.3 is 14.7 Å². The Bertz CT molecular complexity index is 1310. The van der Waals surface area contributed by atoms with Gasteiger partial charge in [-0.15, -0.1) is 0 Å². The highest BCUT2D eigenvalue weighted by molar-refractivity contribution is 6.42. The molecule has 1 aliphatic heterocycles. The van der Waals surface area contributed by atoms with E-state index in [4.69, 9.17) is 27.9 Å². The Kier molecular flexibility index (Phi) is 8.15. The molecule has 0 aromatic heterocycles. The SMILES string of the molecule is CC(C)c1ccc(C[C@@]2(C)Cc3cc(C(=O)N(CCC(=O)O)Cc4cccc(Cl)c4Cl)ccc3O2)cc1. The number of rotatable bonds is 9. The van der Waals surface area contributed by atoms with Crippen LogP contribution < -0.4 is 4.74 Å². The topological polar surface area (TPSA) is 66.8 Å². The summed E-state index contributed by atoms with van der Waals surface area (Å²) in [6.07, 6.45) is 1.25. The number of ether oxygens (including phenoxy) is 1. The number of halogens is 2. The minimum Gasteiger partial charge on any atom is -0.487 e. The van der Waals surface area contributed by atoms with Crippen LogP contribution in [0.1, 0.15) is 65.7 Å². The van der Waals surface area contributed by atoms with Crippen molar-refractivity contribution in [3.8, 4) is 5.75 Å². The highest BCUT2D eigenvalue weighted by Gasteiger charge is 2.35. The number of carbonyl (C=O) groups excluding carboxylic acids is 1. The maximum Gasteiger partial charge on any atom is 0.305 e. The molecule has 0 spiro atoms. The number of benzene rings is 3. The lowest BCUT2D eigenvalue weighted by molar-refractivity contribution is -0.137. The summed E-state index contributed by atoms with van der Waals surface area (Å²) in [5.74, 6) is 0.0119.